The van der Waals surface area contributed by atoms with Gasteiger partial charge in [0.25, 0.3) is 11.8 Å². The third-order valence-corrected chi connectivity index (χ3v) is 4.47. The van der Waals surface area contributed by atoms with Crippen molar-refractivity contribution in [3.05, 3.63) is 59.1 Å². The van der Waals surface area contributed by atoms with Crippen LogP contribution in [0, 0.1) is 5.82 Å². The molecule has 0 spiro atoms. The molecule has 1 aromatic carbocycles. The van der Waals surface area contributed by atoms with Gasteiger partial charge >= 0.3 is 0 Å². The highest BCUT2D eigenvalue weighted by molar-refractivity contribution is 6.29. The molecule has 2 heterocycles. The molecular formula is C18H19ClFN4O2+. The van der Waals surface area contributed by atoms with Gasteiger partial charge in [-0.25, -0.2) is 9.37 Å². The van der Waals surface area contributed by atoms with Crippen molar-refractivity contribution in [3.8, 4) is 0 Å². The molecule has 8 heteroatoms. The fourth-order valence-corrected chi connectivity index (χ4v) is 3.00. The van der Waals surface area contributed by atoms with Crippen LogP contribution >= 0.6 is 11.6 Å². The number of anilines is 1. The van der Waals surface area contributed by atoms with E-state index in [2.05, 4.69) is 10.3 Å². The van der Waals surface area contributed by atoms with Crippen molar-refractivity contribution in [2.75, 3.05) is 38.0 Å². The van der Waals surface area contributed by atoms with Gasteiger partial charge in [0.05, 0.1) is 31.7 Å². The molecule has 3 rings (SSSR count). The van der Waals surface area contributed by atoms with Crippen LogP contribution in [-0.4, -0.2) is 54.4 Å². The number of nitrogens with one attached hydrogen (secondary N) is 2. The first-order valence-electron chi connectivity index (χ1n) is 8.31. The summed E-state index contributed by atoms with van der Waals surface area (Å²) in [5, 5.41) is 3.04. The molecule has 0 aliphatic carbocycles. The Labute approximate surface area is 155 Å². The Morgan fingerprint density at radius 1 is 1.23 bits per heavy atom. The van der Waals surface area contributed by atoms with Gasteiger partial charge in [0.15, 0.2) is 6.54 Å². The Morgan fingerprint density at radius 3 is 2.65 bits per heavy atom. The average molecular weight is 378 g/mol. The van der Waals surface area contributed by atoms with Crippen LogP contribution in [-0.2, 0) is 4.79 Å². The van der Waals surface area contributed by atoms with Crippen LogP contribution in [0.2, 0.25) is 5.15 Å². The van der Waals surface area contributed by atoms with Gasteiger partial charge in [-0.2, -0.15) is 0 Å². The Balaban J connectivity index is 1.48. The monoisotopic (exact) mass is 377 g/mol. The number of benzene rings is 1. The maximum absolute atomic E-state index is 13.2. The molecule has 1 aromatic heterocycles. The fourth-order valence-electron chi connectivity index (χ4n) is 2.89. The van der Waals surface area contributed by atoms with Gasteiger partial charge in [0.2, 0.25) is 0 Å². The van der Waals surface area contributed by atoms with Crippen molar-refractivity contribution in [2.24, 2.45) is 0 Å². The Hall–Kier alpha value is -2.51. The summed E-state index contributed by atoms with van der Waals surface area (Å²) in [5.41, 5.74) is 0.945. The van der Waals surface area contributed by atoms with E-state index in [1.807, 2.05) is 0 Å². The molecular weight excluding hydrogens is 359 g/mol. The SMILES string of the molecule is O=C(C[NH+]1CCN(C(=O)c2ccc(Cl)nc2)CC1)Nc1cccc(F)c1. The minimum atomic E-state index is -0.390. The molecule has 1 saturated heterocycles. The zero-order valence-corrected chi connectivity index (χ0v) is 14.8. The van der Waals surface area contributed by atoms with Gasteiger partial charge < -0.3 is 15.1 Å². The van der Waals surface area contributed by atoms with E-state index in [-0.39, 0.29) is 24.2 Å². The number of carbonyl (C=O) groups is 2. The molecule has 0 unspecified atom stereocenters. The third-order valence-electron chi connectivity index (χ3n) is 4.25. The summed E-state index contributed by atoms with van der Waals surface area (Å²) in [6.45, 7) is 2.74. The largest absolute Gasteiger partial charge is 0.327 e. The van der Waals surface area contributed by atoms with E-state index >= 15 is 0 Å². The molecule has 0 atom stereocenters. The summed E-state index contributed by atoms with van der Waals surface area (Å²) in [5.74, 6) is -0.649. The number of rotatable bonds is 4. The molecule has 1 fully saturated rings. The number of pyridine rings is 1. The molecule has 6 nitrogen and oxygen atoms in total. The van der Waals surface area contributed by atoms with Crippen molar-refractivity contribution < 1.29 is 18.9 Å². The Morgan fingerprint density at radius 2 is 2.00 bits per heavy atom. The highest BCUT2D eigenvalue weighted by Crippen LogP contribution is 2.09. The molecule has 2 N–H and O–H groups in total. The van der Waals surface area contributed by atoms with Crippen LogP contribution in [0.4, 0.5) is 10.1 Å². The van der Waals surface area contributed by atoms with Gasteiger partial charge in [-0.1, -0.05) is 17.7 Å². The first kappa shape index (κ1) is 18.3. The van der Waals surface area contributed by atoms with Gasteiger partial charge in [-0.05, 0) is 30.3 Å². The standard InChI is InChI=1S/C18H18ClFN4O2/c19-16-5-4-13(11-21-16)18(26)24-8-6-23(7-9-24)12-17(25)22-15-3-1-2-14(20)10-15/h1-5,10-11H,6-9,12H2,(H,22,25)/p+1. The Kier molecular flexibility index (Phi) is 5.80. The van der Waals surface area contributed by atoms with E-state index < -0.39 is 0 Å². The minimum absolute atomic E-state index is 0.0857. The molecule has 2 aromatic rings. The molecule has 26 heavy (non-hydrogen) atoms. The number of amides is 2. The number of carbonyl (C=O) groups excluding carboxylic acids is 2. The predicted molar refractivity (Wildman–Crippen MR) is 95.7 cm³/mol. The maximum atomic E-state index is 13.2. The van der Waals surface area contributed by atoms with Gasteiger partial charge in [-0.3, -0.25) is 9.59 Å². The lowest BCUT2D eigenvalue weighted by Crippen LogP contribution is -3.15. The first-order valence-corrected chi connectivity index (χ1v) is 8.69. The number of nitrogens with zero attached hydrogens (tertiary/aromatic N) is 2. The van der Waals surface area contributed by atoms with E-state index in [4.69, 9.17) is 11.6 Å². The van der Waals surface area contributed by atoms with E-state index in [1.54, 1.807) is 29.2 Å². The number of halogens is 2. The van der Waals surface area contributed by atoms with Crippen LogP contribution < -0.4 is 10.2 Å². The van der Waals surface area contributed by atoms with E-state index in [0.29, 0.717) is 42.6 Å². The molecule has 1 aliphatic rings. The quantitative estimate of drug-likeness (QED) is 0.776. The van der Waals surface area contributed by atoms with Gasteiger partial charge in [0, 0.05) is 11.9 Å². The van der Waals surface area contributed by atoms with Crippen LogP contribution in [0.1, 0.15) is 10.4 Å². The zero-order valence-electron chi connectivity index (χ0n) is 14.0. The molecule has 1 aliphatic heterocycles. The highest BCUT2D eigenvalue weighted by atomic mass is 35.5. The number of aromatic nitrogens is 1. The van der Waals surface area contributed by atoms with E-state index in [1.165, 1.54) is 18.3 Å². The molecule has 0 bridgehead atoms. The summed E-state index contributed by atoms with van der Waals surface area (Å²) in [6, 6.07) is 9.05. The van der Waals surface area contributed by atoms with Gasteiger partial charge in [0.1, 0.15) is 11.0 Å². The number of hydrogen-bond donors (Lipinski definition) is 2. The van der Waals surface area contributed by atoms with Crippen LogP contribution in [0.5, 0.6) is 0 Å². The van der Waals surface area contributed by atoms with Crippen LogP contribution in [0.25, 0.3) is 0 Å². The normalized spacial score (nSPS) is 14.9. The smallest absolute Gasteiger partial charge is 0.279 e. The van der Waals surface area contributed by atoms with E-state index in [0.717, 1.165) is 4.90 Å². The summed E-state index contributed by atoms with van der Waals surface area (Å²) >= 11 is 5.74. The second kappa shape index (κ2) is 8.25. The highest BCUT2D eigenvalue weighted by Gasteiger charge is 2.26. The molecule has 0 saturated carbocycles. The summed E-state index contributed by atoms with van der Waals surface area (Å²) in [4.78, 5) is 31.3. The van der Waals surface area contributed by atoms with Crippen molar-refractivity contribution in [3.63, 3.8) is 0 Å². The topological polar surface area (TPSA) is 66.7 Å². The first-order chi connectivity index (χ1) is 12.5. The molecule has 2 amide bonds. The van der Waals surface area contributed by atoms with Crippen LogP contribution in [0.15, 0.2) is 42.6 Å². The van der Waals surface area contributed by atoms with Crippen molar-refractivity contribution in [2.45, 2.75) is 0 Å². The van der Waals surface area contributed by atoms with Crippen LogP contribution in [0.3, 0.4) is 0 Å². The lowest BCUT2D eigenvalue weighted by atomic mass is 10.2. The minimum Gasteiger partial charge on any atom is -0.327 e. The zero-order chi connectivity index (χ0) is 18.5. The fraction of sp³-hybridized carbons (Fsp3) is 0.278. The van der Waals surface area contributed by atoms with Crippen molar-refractivity contribution >= 4 is 29.1 Å². The lowest BCUT2D eigenvalue weighted by Gasteiger charge is -2.31. The molecule has 0 radical (unpaired) electrons. The lowest BCUT2D eigenvalue weighted by molar-refractivity contribution is -0.895. The Bertz CT molecular complexity index is 792. The summed E-state index contributed by atoms with van der Waals surface area (Å²) in [7, 11) is 0. The number of quaternary nitrogens is 1. The van der Waals surface area contributed by atoms with Crippen molar-refractivity contribution in [1.82, 2.24) is 9.88 Å². The van der Waals surface area contributed by atoms with E-state index in [9.17, 15) is 14.0 Å². The van der Waals surface area contributed by atoms with Gasteiger partial charge in [-0.15, -0.1) is 0 Å². The average Bonchev–Trinajstić information content (AvgIpc) is 2.62. The second-order valence-corrected chi connectivity index (χ2v) is 6.53. The third kappa shape index (κ3) is 4.77. The maximum Gasteiger partial charge on any atom is 0.279 e. The number of piperazine rings is 1. The summed E-state index contributed by atoms with van der Waals surface area (Å²) in [6.07, 6.45) is 1.47. The summed E-state index contributed by atoms with van der Waals surface area (Å²) < 4.78 is 13.2. The predicted octanol–water partition coefficient (Wildman–Crippen LogP) is 0.853. The molecule has 136 valence electrons. The second-order valence-electron chi connectivity index (χ2n) is 6.15. The van der Waals surface area contributed by atoms with Crippen molar-refractivity contribution in [1.29, 1.82) is 0 Å². The number of hydrogen-bond acceptors (Lipinski definition) is 3.